The normalized spacial score (nSPS) is 10.2. The Balaban J connectivity index is 2.17. The van der Waals surface area contributed by atoms with Crippen LogP contribution >= 0.6 is 0 Å². The summed E-state index contributed by atoms with van der Waals surface area (Å²) in [7, 11) is 0. The van der Waals surface area contributed by atoms with Gasteiger partial charge in [-0.1, -0.05) is 0 Å². The second-order valence-corrected chi connectivity index (χ2v) is 4.17. The molecule has 0 unspecified atom stereocenters. The number of rotatable bonds is 5. The standard InChI is InChI=1S/C12H13N5O4/c1-3-21-12-14-11(15-16-12)13-10(18)8-4-7(2)5-9(6-8)17(19)20/h4-6H,3H2,1-2H3,(H2,13,14,15,16,18). The number of carbonyl (C=O) groups excluding carboxylic acids is 1. The SMILES string of the molecule is CCOc1n[nH]c(NC(=O)c2cc(C)cc([N+](=O)[O-])c2)n1. The van der Waals surface area contributed by atoms with E-state index in [-0.39, 0.29) is 23.2 Å². The van der Waals surface area contributed by atoms with Crippen LogP contribution in [0.2, 0.25) is 0 Å². The number of nitro benzene ring substituents is 1. The maximum absolute atomic E-state index is 12.0. The molecule has 0 aliphatic heterocycles. The van der Waals surface area contributed by atoms with E-state index in [1.165, 1.54) is 12.1 Å². The maximum atomic E-state index is 12.0. The average molecular weight is 291 g/mol. The monoisotopic (exact) mass is 291 g/mol. The number of hydrogen-bond acceptors (Lipinski definition) is 6. The van der Waals surface area contributed by atoms with Crippen molar-refractivity contribution < 1.29 is 14.5 Å². The van der Waals surface area contributed by atoms with Gasteiger partial charge in [0.25, 0.3) is 11.6 Å². The van der Waals surface area contributed by atoms with Crippen molar-refractivity contribution in [1.29, 1.82) is 0 Å². The fraction of sp³-hybridized carbons (Fsp3) is 0.250. The Morgan fingerprint density at radius 3 is 2.90 bits per heavy atom. The quantitative estimate of drug-likeness (QED) is 0.638. The fourth-order valence-electron chi connectivity index (χ4n) is 1.68. The molecule has 1 aromatic heterocycles. The first-order valence-corrected chi connectivity index (χ1v) is 6.12. The molecule has 0 atom stereocenters. The van der Waals surface area contributed by atoms with Crippen LogP contribution in [-0.4, -0.2) is 32.6 Å². The van der Waals surface area contributed by atoms with E-state index in [2.05, 4.69) is 20.5 Å². The average Bonchev–Trinajstić information content (AvgIpc) is 2.85. The summed E-state index contributed by atoms with van der Waals surface area (Å²) in [5, 5.41) is 19.5. The van der Waals surface area contributed by atoms with Crippen molar-refractivity contribution in [2.75, 3.05) is 11.9 Å². The Labute approximate surface area is 119 Å². The van der Waals surface area contributed by atoms with Gasteiger partial charge in [-0.15, -0.1) is 5.10 Å². The zero-order valence-electron chi connectivity index (χ0n) is 11.4. The Morgan fingerprint density at radius 1 is 1.48 bits per heavy atom. The molecule has 2 N–H and O–H groups in total. The molecule has 9 heteroatoms. The van der Waals surface area contributed by atoms with Gasteiger partial charge >= 0.3 is 6.01 Å². The lowest BCUT2D eigenvalue weighted by molar-refractivity contribution is -0.384. The highest BCUT2D eigenvalue weighted by atomic mass is 16.6. The van der Waals surface area contributed by atoms with Crippen LogP contribution in [0.1, 0.15) is 22.8 Å². The Kier molecular flexibility index (Phi) is 4.12. The van der Waals surface area contributed by atoms with Gasteiger partial charge in [-0.3, -0.25) is 20.2 Å². The van der Waals surface area contributed by atoms with Gasteiger partial charge in [-0.25, -0.2) is 5.10 Å². The molecule has 21 heavy (non-hydrogen) atoms. The van der Waals surface area contributed by atoms with Crippen LogP contribution in [0.15, 0.2) is 18.2 Å². The molecule has 0 spiro atoms. The van der Waals surface area contributed by atoms with Crippen molar-refractivity contribution in [2.45, 2.75) is 13.8 Å². The number of non-ortho nitro benzene ring substituents is 1. The second kappa shape index (κ2) is 5.99. The molecule has 1 aromatic carbocycles. The predicted molar refractivity (Wildman–Crippen MR) is 73.3 cm³/mol. The van der Waals surface area contributed by atoms with E-state index < -0.39 is 10.8 Å². The number of anilines is 1. The lowest BCUT2D eigenvalue weighted by Crippen LogP contribution is -2.13. The van der Waals surface area contributed by atoms with Crippen LogP contribution in [0.5, 0.6) is 6.01 Å². The number of nitrogens with one attached hydrogen (secondary N) is 2. The molecule has 0 bridgehead atoms. The molecule has 0 saturated carbocycles. The zero-order chi connectivity index (χ0) is 15.4. The van der Waals surface area contributed by atoms with Crippen LogP contribution in [-0.2, 0) is 0 Å². The van der Waals surface area contributed by atoms with E-state index in [1.807, 2.05) is 0 Å². The minimum Gasteiger partial charge on any atom is -0.463 e. The molecule has 0 radical (unpaired) electrons. The number of nitro groups is 1. The number of carbonyl (C=O) groups is 1. The minimum atomic E-state index is -0.550. The van der Waals surface area contributed by atoms with Crippen molar-refractivity contribution in [3.8, 4) is 6.01 Å². The largest absolute Gasteiger partial charge is 0.463 e. The molecule has 2 rings (SSSR count). The van der Waals surface area contributed by atoms with Gasteiger partial charge in [0.05, 0.1) is 11.5 Å². The van der Waals surface area contributed by atoms with E-state index in [9.17, 15) is 14.9 Å². The predicted octanol–water partition coefficient (Wildman–Crippen LogP) is 1.67. The van der Waals surface area contributed by atoms with Gasteiger partial charge in [0.2, 0.25) is 5.95 Å². The summed E-state index contributed by atoms with van der Waals surface area (Å²) < 4.78 is 5.05. The van der Waals surface area contributed by atoms with Gasteiger partial charge in [0.15, 0.2) is 0 Å². The minimum absolute atomic E-state index is 0.104. The molecule has 0 aliphatic rings. The first-order valence-electron chi connectivity index (χ1n) is 6.12. The van der Waals surface area contributed by atoms with Crippen LogP contribution in [0.4, 0.5) is 11.6 Å². The Bertz CT molecular complexity index is 682. The van der Waals surface area contributed by atoms with Gasteiger partial charge in [-0.2, -0.15) is 4.98 Å². The third-order valence-electron chi connectivity index (χ3n) is 2.51. The van der Waals surface area contributed by atoms with Crippen molar-refractivity contribution in [3.63, 3.8) is 0 Å². The molecule has 0 aliphatic carbocycles. The first kappa shape index (κ1) is 14.4. The Hall–Kier alpha value is -2.97. The molecular formula is C12H13N5O4. The number of amides is 1. The lowest BCUT2D eigenvalue weighted by Gasteiger charge is -2.03. The smallest absolute Gasteiger partial charge is 0.337 e. The number of aryl methyl sites for hydroxylation is 1. The van der Waals surface area contributed by atoms with E-state index in [4.69, 9.17) is 4.74 Å². The van der Waals surface area contributed by atoms with Gasteiger partial charge in [-0.05, 0) is 25.5 Å². The molecule has 2 aromatic rings. The molecule has 1 heterocycles. The van der Waals surface area contributed by atoms with Gasteiger partial charge in [0, 0.05) is 17.7 Å². The summed E-state index contributed by atoms with van der Waals surface area (Å²) in [5.74, 6) is -0.423. The van der Waals surface area contributed by atoms with Crippen molar-refractivity contribution in [1.82, 2.24) is 15.2 Å². The fourth-order valence-corrected chi connectivity index (χ4v) is 1.68. The number of H-pyrrole nitrogens is 1. The van der Waals surface area contributed by atoms with Crippen molar-refractivity contribution in [2.24, 2.45) is 0 Å². The lowest BCUT2D eigenvalue weighted by atomic mass is 10.1. The van der Waals surface area contributed by atoms with Crippen LogP contribution in [0.25, 0.3) is 0 Å². The second-order valence-electron chi connectivity index (χ2n) is 4.17. The highest BCUT2D eigenvalue weighted by molar-refractivity contribution is 6.03. The molecule has 0 fully saturated rings. The highest BCUT2D eigenvalue weighted by Gasteiger charge is 2.15. The molecular weight excluding hydrogens is 278 g/mol. The summed E-state index contributed by atoms with van der Waals surface area (Å²) in [6.07, 6.45) is 0. The number of benzene rings is 1. The molecule has 0 saturated heterocycles. The number of hydrogen-bond donors (Lipinski definition) is 2. The van der Waals surface area contributed by atoms with Crippen LogP contribution in [0, 0.1) is 17.0 Å². The first-order chi connectivity index (χ1) is 9.99. The molecule has 1 amide bonds. The highest BCUT2D eigenvalue weighted by Crippen LogP contribution is 2.17. The summed E-state index contributed by atoms with van der Waals surface area (Å²) in [4.78, 5) is 26.2. The third kappa shape index (κ3) is 3.53. The van der Waals surface area contributed by atoms with Crippen molar-refractivity contribution >= 4 is 17.5 Å². The number of aromatic nitrogens is 3. The van der Waals surface area contributed by atoms with Crippen LogP contribution in [0.3, 0.4) is 0 Å². The van der Waals surface area contributed by atoms with Crippen molar-refractivity contribution in [3.05, 3.63) is 39.4 Å². The summed E-state index contributed by atoms with van der Waals surface area (Å²) in [5.41, 5.74) is 0.630. The Morgan fingerprint density at radius 2 is 2.24 bits per heavy atom. The summed E-state index contributed by atoms with van der Waals surface area (Å²) in [6.45, 7) is 3.85. The number of nitrogens with zero attached hydrogens (tertiary/aromatic N) is 3. The maximum Gasteiger partial charge on any atom is 0.337 e. The van der Waals surface area contributed by atoms with E-state index >= 15 is 0 Å². The number of ether oxygens (including phenoxy) is 1. The molecule has 110 valence electrons. The molecule has 9 nitrogen and oxygen atoms in total. The van der Waals surface area contributed by atoms with Gasteiger partial charge in [0.1, 0.15) is 0 Å². The van der Waals surface area contributed by atoms with E-state index in [1.54, 1.807) is 19.9 Å². The number of aromatic amines is 1. The van der Waals surface area contributed by atoms with Gasteiger partial charge < -0.3 is 4.74 Å². The van der Waals surface area contributed by atoms with E-state index in [0.29, 0.717) is 12.2 Å². The topological polar surface area (TPSA) is 123 Å². The summed E-state index contributed by atoms with van der Waals surface area (Å²) in [6, 6.07) is 4.24. The zero-order valence-corrected chi connectivity index (χ0v) is 11.4. The summed E-state index contributed by atoms with van der Waals surface area (Å²) >= 11 is 0. The van der Waals surface area contributed by atoms with E-state index in [0.717, 1.165) is 0 Å². The third-order valence-corrected chi connectivity index (χ3v) is 2.51. The van der Waals surface area contributed by atoms with Crippen LogP contribution < -0.4 is 10.1 Å².